The van der Waals surface area contributed by atoms with Crippen molar-refractivity contribution in [2.75, 3.05) is 4.90 Å². The first-order chi connectivity index (χ1) is 25.6. The van der Waals surface area contributed by atoms with Crippen LogP contribution in [0.1, 0.15) is 25.0 Å². The Bertz CT molecular complexity index is 3050. The lowest BCUT2D eigenvalue weighted by Crippen LogP contribution is -2.16. The van der Waals surface area contributed by atoms with E-state index in [0.29, 0.717) is 0 Å². The van der Waals surface area contributed by atoms with Crippen LogP contribution in [0.15, 0.2) is 173 Å². The summed E-state index contributed by atoms with van der Waals surface area (Å²) in [4.78, 5) is 2.39. The first kappa shape index (κ1) is 29.2. The molecule has 0 saturated carbocycles. The Morgan fingerprint density at radius 2 is 1.13 bits per heavy atom. The van der Waals surface area contributed by atoms with E-state index in [-0.39, 0.29) is 5.41 Å². The molecule has 1 aliphatic carbocycles. The molecule has 10 aromatic rings. The Balaban J connectivity index is 1.25. The monoisotopic (exact) mass is 667 g/mol. The zero-order valence-corrected chi connectivity index (χ0v) is 28.9. The van der Waals surface area contributed by atoms with Crippen LogP contribution >= 0.6 is 0 Å². The molecule has 0 radical (unpaired) electrons. The van der Waals surface area contributed by atoms with Crippen LogP contribution in [0, 0.1) is 0 Å². The summed E-state index contributed by atoms with van der Waals surface area (Å²) in [5.41, 5.74) is 13.9. The number of hydrogen-bond donors (Lipinski definition) is 0. The number of rotatable bonds is 4. The number of benzene rings is 8. The largest absolute Gasteiger partial charge is 0.455 e. The number of furan rings is 2. The third-order valence-electron chi connectivity index (χ3n) is 11.2. The van der Waals surface area contributed by atoms with Gasteiger partial charge in [-0.25, -0.2) is 0 Å². The van der Waals surface area contributed by atoms with E-state index in [1.54, 1.807) is 0 Å². The molecule has 0 atom stereocenters. The van der Waals surface area contributed by atoms with Gasteiger partial charge in [0.05, 0.1) is 16.8 Å². The van der Waals surface area contributed by atoms with Crippen molar-refractivity contribution in [3.8, 4) is 22.3 Å². The highest BCUT2D eigenvalue weighted by Gasteiger charge is 2.36. The van der Waals surface area contributed by atoms with Crippen LogP contribution in [0.25, 0.3) is 76.9 Å². The Kier molecular flexibility index (Phi) is 6.01. The smallest absolute Gasteiger partial charge is 0.159 e. The summed E-state index contributed by atoms with van der Waals surface area (Å²) >= 11 is 0. The third kappa shape index (κ3) is 4.02. The van der Waals surface area contributed by atoms with Gasteiger partial charge in [-0.3, -0.25) is 0 Å². The third-order valence-corrected chi connectivity index (χ3v) is 11.2. The van der Waals surface area contributed by atoms with Crippen LogP contribution < -0.4 is 4.90 Å². The first-order valence-electron chi connectivity index (χ1n) is 17.9. The van der Waals surface area contributed by atoms with Crippen LogP contribution in [0.4, 0.5) is 17.1 Å². The summed E-state index contributed by atoms with van der Waals surface area (Å²) < 4.78 is 13.7. The fourth-order valence-electron chi connectivity index (χ4n) is 8.83. The second kappa shape index (κ2) is 10.7. The predicted molar refractivity (Wildman–Crippen MR) is 216 cm³/mol. The van der Waals surface area contributed by atoms with Crippen LogP contribution in [-0.4, -0.2) is 0 Å². The lowest BCUT2D eigenvalue weighted by molar-refractivity contribution is 0.660. The van der Waals surface area contributed by atoms with Crippen molar-refractivity contribution in [2.45, 2.75) is 19.3 Å². The minimum atomic E-state index is -0.156. The van der Waals surface area contributed by atoms with E-state index in [9.17, 15) is 0 Å². The van der Waals surface area contributed by atoms with Crippen molar-refractivity contribution < 1.29 is 8.83 Å². The fourth-order valence-corrected chi connectivity index (χ4v) is 8.83. The van der Waals surface area contributed by atoms with E-state index in [4.69, 9.17) is 8.83 Å². The van der Waals surface area contributed by atoms with Crippen LogP contribution in [-0.2, 0) is 5.41 Å². The molecule has 3 nitrogen and oxygen atoms in total. The lowest BCUT2D eigenvalue weighted by Gasteiger charge is -2.28. The fraction of sp³-hybridized carbons (Fsp3) is 0.0612. The highest BCUT2D eigenvalue weighted by atomic mass is 16.3. The molecule has 2 aromatic heterocycles. The van der Waals surface area contributed by atoms with Gasteiger partial charge in [0.1, 0.15) is 16.7 Å². The summed E-state index contributed by atoms with van der Waals surface area (Å²) in [7, 11) is 0. The maximum Gasteiger partial charge on any atom is 0.159 e. The molecule has 0 aliphatic heterocycles. The van der Waals surface area contributed by atoms with Gasteiger partial charge in [-0.15, -0.1) is 0 Å². The molecule has 8 aromatic carbocycles. The van der Waals surface area contributed by atoms with Crippen LogP contribution in [0.5, 0.6) is 0 Å². The van der Waals surface area contributed by atoms with E-state index < -0.39 is 0 Å². The molecule has 52 heavy (non-hydrogen) atoms. The molecule has 1 aliphatic rings. The maximum absolute atomic E-state index is 6.94. The average Bonchev–Trinajstić information content (AvgIpc) is 3.83. The Morgan fingerprint density at radius 3 is 2.04 bits per heavy atom. The quantitative estimate of drug-likeness (QED) is 0.187. The summed E-state index contributed by atoms with van der Waals surface area (Å²) in [5.74, 6) is 0. The first-order valence-corrected chi connectivity index (χ1v) is 17.9. The van der Waals surface area contributed by atoms with Gasteiger partial charge in [-0.2, -0.15) is 0 Å². The second-order valence-electron chi connectivity index (χ2n) is 14.5. The number of para-hydroxylation sites is 2. The minimum absolute atomic E-state index is 0.156. The Morgan fingerprint density at radius 1 is 0.462 bits per heavy atom. The molecule has 0 bridgehead atoms. The van der Waals surface area contributed by atoms with Gasteiger partial charge in [-0.1, -0.05) is 135 Å². The molecule has 0 amide bonds. The van der Waals surface area contributed by atoms with Gasteiger partial charge in [0, 0.05) is 32.8 Å². The van der Waals surface area contributed by atoms with Gasteiger partial charge in [0.25, 0.3) is 0 Å². The predicted octanol–water partition coefficient (Wildman–Crippen LogP) is 14.1. The van der Waals surface area contributed by atoms with E-state index >= 15 is 0 Å². The van der Waals surface area contributed by atoms with Crippen LogP contribution in [0.2, 0.25) is 0 Å². The highest BCUT2D eigenvalue weighted by Crippen LogP contribution is 2.53. The Labute approximate surface area is 301 Å². The van der Waals surface area contributed by atoms with Crippen molar-refractivity contribution in [1.82, 2.24) is 0 Å². The molecular formula is C49H33NO2. The lowest BCUT2D eigenvalue weighted by atomic mass is 9.82. The standard InChI is InChI=1S/C49H33NO2/c1-49(2)39-21-10-8-18-34(39)35-27-26-32(29-40(35)49)50(42-23-12-20-37-36-19-9-11-24-43(36)51-47(37)42)41-22-13-25-44-46(41)38-28-31-16-6-7-17-33(31)45(48(38)52-44)30-14-4-3-5-15-30/h3-29H,1-2H3. The summed E-state index contributed by atoms with van der Waals surface area (Å²) in [6, 6.07) is 58.6. The molecule has 0 unspecified atom stereocenters. The molecule has 0 saturated heterocycles. The van der Waals surface area contributed by atoms with Crippen molar-refractivity contribution >= 4 is 71.7 Å². The van der Waals surface area contributed by atoms with Crippen molar-refractivity contribution in [3.05, 3.63) is 175 Å². The topological polar surface area (TPSA) is 29.5 Å². The zero-order chi connectivity index (χ0) is 34.6. The van der Waals surface area contributed by atoms with E-state index in [1.807, 2.05) is 6.07 Å². The average molecular weight is 668 g/mol. The van der Waals surface area contributed by atoms with E-state index in [1.165, 1.54) is 33.0 Å². The SMILES string of the molecule is CC1(C)c2ccccc2-c2ccc(N(c3cccc4c3oc3ccccc34)c3cccc4oc5c(-c6ccccc6)c6ccccc6cc5c34)cc21. The second-order valence-corrected chi connectivity index (χ2v) is 14.5. The summed E-state index contributed by atoms with van der Waals surface area (Å²) in [6.45, 7) is 4.68. The number of hydrogen-bond acceptors (Lipinski definition) is 3. The van der Waals surface area contributed by atoms with Gasteiger partial charge >= 0.3 is 0 Å². The molecule has 0 fully saturated rings. The molecule has 0 spiro atoms. The van der Waals surface area contributed by atoms with E-state index in [0.717, 1.165) is 72.1 Å². The Hall–Kier alpha value is -6.58. The highest BCUT2D eigenvalue weighted by molar-refractivity contribution is 6.22. The van der Waals surface area contributed by atoms with E-state index in [2.05, 4.69) is 176 Å². The van der Waals surface area contributed by atoms with Gasteiger partial charge < -0.3 is 13.7 Å². The zero-order valence-electron chi connectivity index (χ0n) is 28.9. The number of anilines is 3. The molecule has 0 N–H and O–H groups in total. The number of nitrogens with zero attached hydrogens (tertiary/aromatic N) is 1. The van der Waals surface area contributed by atoms with Gasteiger partial charge in [0.15, 0.2) is 5.58 Å². The molecule has 11 rings (SSSR count). The van der Waals surface area contributed by atoms with Crippen molar-refractivity contribution in [1.29, 1.82) is 0 Å². The molecule has 246 valence electrons. The van der Waals surface area contributed by atoms with Crippen molar-refractivity contribution in [3.63, 3.8) is 0 Å². The van der Waals surface area contributed by atoms with Crippen LogP contribution in [0.3, 0.4) is 0 Å². The van der Waals surface area contributed by atoms with Gasteiger partial charge in [-0.05, 0) is 81.1 Å². The molecule has 2 heterocycles. The normalized spacial score (nSPS) is 13.3. The minimum Gasteiger partial charge on any atom is -0.455 e. The van der Waals surface area contributed by atoms with Crippen molar-refractivity contribution in [2.24, 2.45) is 0 Å². The summed E-state index contributed by atoms with van der Waals surface area (Å²) in [6.07, 6.45) is 0. The van der Waals surface area contributed by atoms with Gasteiger partial charge in [0.2, 0.25) is 0 Å². The molecular weight excluding hydrogens is 635 g/mol. The number of fused-ring (bicyclic) bond motifs is 10. The molecule has 3 heteroatoms. The summed E-state index contributed by atoms with van der Waals surface area (Å²) in [5, 5.41) is 6.69. The maximum atomic E-state index is 6.94.